The number of thiophene rings is 1. The van der Waals surface area contributed by atoms with Crippen LogP contribution < -0.4 is 0 Å². The number of tetrazole rings is 1. The molecule has 256 valence electrons. The summed E-state index contributed by atoms with van der Waals surface area (Å²) in [5, 5.41) is 15.7. The summed E-state index contributed by atoms with van der Waals surface area (Å²) in [7, 11) is 1.42. The van der Waals surface area contributed by atoms with Crippen molar-refractivity contribution in [2.24, 2.45) is 0 Å². The van der Waals surface area contributed by atoms with Crippen LogP contribution in [0.15, 0.2) is 145 Å². The third-order valence-corrected chi connectivity index (χ3v) is 10.5. The highest BCUT2D eigenvalue weighted by atomic mass is 32.1. The quantitative estimate of drug-likeness (QED) is 0.0989. The van der Waals surface area contributed by atoms with Crippen molar-refractivity contribution >= 4 is 28.3 Å². The molecule has 0 unspecified atom stereocenters. The van der Waals surface area contributed by atoms with Crippen molar-refractivity contribution in [1.29, 1.82) is 0 Å². The van der Waals surface area contributed by atoms with E-state index in [4.69, 9.17) is 20.0 Å². The van der Waals surface area contributed by atoms with Crippen molar-refractivity contribution < 1.29 is 9.53 Å². The highest BCUT2D eigenvalue weighted by molar-refractivity contribution is 7.13. The minimum Gasteiger partial charge on any atom is -0.465 e. The van der Waals surface area contributed by atoms with Crippen molar-refractivity contribution in [3.63, 3.8) is 0 Å². The number of esters is 1. The maximum absolute atomic E-state index is 12.7. The van der Waals surface area contributed by atoms with Crippen LogP contribution in [-0.2, 0) is 23.2 Å². The van der Waals surface area contributed by atoms with E-state index in [1.807, 2.05) is 40.4 Å². The number of benzene rings is 5. The van der Waals surface area contributed by atoms with Gasteiger partial charge in [0.05, 0.1) is 12.6 Å². The largest absolute Gasteiger partial charge is 0.465 e. The molecule has 9 heteroatoms. The van der Waals surface area contributed by atoms with Crippen molar-refractivity contribution in [3.05, 3.63) is 178 Å². The maximum atomic E-state index is 12.7. The topological polar surface area (TPSA) is 87.7 Å². The second kappa shape index (κ2) is 14.2. The summed E-state index contributed by atoms with van der Waals surface area (Å²) in [5.74, 6) is 1.27. The highest BCUT2D eigenvalue weighted by Crippen LogP contribution is 2.43. The predicted molar refractivity (Wildman–Crippen MR) is 205 cm³/mol. The van der Waals surface area contributed by atoms with Gasteiger partial charge in [0.25, 0.3) is 0 Å². The number of rotatable bonds is 11. The fraction of sp³-hybridized carbons (Fsp3) is 0.140. The van der Waals surface area contributed by atoms with E-state index in [-0.39, 0.29) is 5.97 Å². The second-order valence-electron chi connectivity index (χ2n) is 12.6. The van der Waals surface area contributed by atoms with Gasteiger partial charge in [0, 0.05) is 23.9 Å². The van der Waals surface area contributed by atoms with Gasteiger partial charge in [-0.05, 0) is 50.2 Å². The summed E-state index contributed by atoms with van der Waals surface area (Å²) in [6, 6.07) is 48.1. The average molecular weight is 701 g/mol. The smallest absolute Gasteiger partial charge is 0.350 e. The molecule has 8 rings (SSSR count). The van der Waals surface area contributed by atoms with Gasteiger partial charge in [-0.2, -0.15) is 0 Å². The Morgan fingerprint density at radius 2 is 1.33 bits per heavy atom. The number of carbonyl (C=O) groups is 1. The van der Waals surface area contributed by atoms with Gasteiger partial charge >= 0.3 is 5.97 Å². The van der Waals surface area contributed by atoms with Gasteiger partial charge in [0.15, 0.2) is 5.82 Å². The lowest BCUT2D eigenvalue weighted by Crippen LogP contribution is -2.39. The summed E-state index contributed by atoms with van der Waals surface area (Å²) in [6.45, 7) is 2.72. The number of aryl methyl sites for hydroxylation is 1. The number of fused-ring (bicyclic) bond motifs is 1. The SMILES string of the molecule is CCCc1nc2csc(C(=O)OC)c2n1Cc1ccc(-c2ccccc2-c2nnnn2C(c2ccccc2)(c2ccccc2)c2ccccc2)cc1. The van der Waals surface area contributed by atoms with Gasteiger partial charge in [-0.25, -0.2) is 14.5 Å². The Morgan fingerprint density at radius 3 is 1.90 bits per heavy atom. The lowest BCUT2D eigenvalue weighted by atomic mass is 9.77. The molecule has 0 atom stereocenters. The van der Waals surface area contributed by atoms with E-state index in [1.165, 1.54) is 18.4 Å². The Bertz CT molecular complexity index is 2360. The summed E-state index contributed by atoms with van der Waals surface area (Å²) in [5.41, 5.74) is 7.98. The van der Waals surface area contributed by atoms with E-state index in [2.05, 4.69) is 126 Å². The summed E-state index contributed by atoms with van der Waals surface area (Å²) < 4.78 is 9.24. The molecular weight excluding hydrogens is 665 g/mol. The Kier molecular flexibility index (Phi) is 9.01. The van der Waals surface area contributed by atoms with Gasteiger partial charge in [-0.15, -0.1) is 16.4 Å². The molecule has 8 aromatic rings. The molecule has 0 saturated heterocycles. The lowest BCUT2D eigenvalue weighted by Gasteiger charge is -2.36. The fourth-order valence-corrected chi connectivity index (χ4v) is 8.12. The van der Waals surface area contributed by atoms with Crippen LogP contribution >= 0.6 is 11.3 Å². The Hall–Kier alpha value is -6.19. The molecular formula is C43H36N6O2S. The van der Waals surface area contributed by atoms with Crippen LogP contribution in [0.25, 0.3) is 33.5 Å². The molecule has 0 spiro atoms. The zero-order valence-corrected chi connectivity index (χ0v) is 29.7. The average Bonchev–Trinajstić information content (AvgIpc) is 3.94. The predicted octanol–water partition coefficient (Wildman–Crippen LogP) is 9.05. The van der Waals surface area contributed by atoms with Crippen LogP contribution in [0.2, 0.25) is 0 Å². The van der Waals surface area contributed by atoms with Crippen LogP contribution in [0.3, 0.4) is 0 Å². The maximum Gasteiger partial charge on any atom is 0.350 e. The number of nitrogens with zero attached hydrogens (tertiary/aromatic N) is 6. The summed E-state index contributed by atoms with van der Waals surface area (Å²) in [6.07, 6.45) is 1.77. The van der Waals surface area contributed by atoms with E-state index < -0.39 is 5.54 Å². The third kappa shape index (κ3) is 5.69. The van der Waals surface area contributed by atoms with Gasteiger partial charge in [-0.1, -0.05) is 146 Å². The number of methoxy groups -OCH3 is 1. The minimum absolute atomic E-state index is 0.339. The molecule has 0 bridgehead atoms. The van der Waals surface area contributed by atoms with Crippen LogP contribution in [0, 0.1) is 0 Å². The molecule has 3 aromatic heterocycles. The number of aromatic nitrogens is 6. The minimum atomic E-state index is -0.864. The molecule has 0 fully saturated rings. The number of hydrogen-bond acceptors (Lipinski definition) is 7. The molecule has 52 heavy (non-hydrogen) atoms. The first-order chi connectivity index (χ1) is 25.6. The molecule has 5 aromatic carbocycles. The standard InChI is InChI=1S/C43H36N6O2S/c1-3-15-38-44-37-29-52-40(42(50)51-2)39(37)48(38)28-30-24-26-31(27-25-30)35-22-13-14-23-36(35)41-45-46-47-49(41)43(32-16-7-4-8-17-32,33-18-9-5-10-19-33)34-20-11-6-12-21-34/h4-14,16-27,29H,3,15,28H2,1-2H3. The van der Waals surface area contributed by atoms with Gasteiger partial charge in [0.1, 0.15) is 21.8 Å². The van der Waals surface area contributed by atoms with Crippen molar-refractivity contribution in [2.75, 3.05) is 7.11 Å². The lowest BCUT2D eigenvalue weighted by molar-refractivity contribution is 0.0608. The summed E-state index contributed by atoms with van der Waals surface area (Å²) >= 11 is 1.38. The molecule has 0 amide bonds. The third-order valence-electron chi connectivity index (χ3n) is 9.56. The molecule has 3 heterocycles. The van der Waals surface area contributed by atoms with Crippen LogP contribution in [-0.4, -0.2) is 42.8 Å². The van der Waals surface area contributed by atoms with E-state index in [0.717, 1.165) is 68.6 Å². The summed E-state index contributed by atoms with van der Waals surface area (Å²) in [4.78, 5) is 18.1. The zero-order chi connectivity index (χ0) is 35.5. The molecule has 0 saturated carbocycles. The molecule has 0 aliphatic carbocycles. The first-order valence-electron chi connectivity index (χ1n) is 17.3. The van der Waals surface area contributed by atoms with Crippen LogP contribution in [0.4, 0.5) is 0 Å². The van der Waals surface area contributed by atoms with E-state index in [1.54, 1.807) is 0 Å². The highest BCUT2D eigenvalue weighted by Gasteiger charge is 2.42. The zero-order valence-electron chi connectivity index (χ0n) is 28.9. The Morgan fingerprint density at radius 1 is 0.750 bits per heavy atom. The number of ether oxygens (including phenoxy) is 1. The Balaban J connectivity index is 1.23. The molecule has 0 N–H and O–H groups in total. The molecule has 0 aliphatic heterocycles. The normalized spacial score (nSPS) is 11.6. The number of imidazole rings is 1. The van der Waals surface area contributed by atoms with Gasteiger partial charge in [0.2, 0.25) is 0 Å². The van der Waals surface area contributed by atoms with Crippen molar-refractivity contribution in [1.82, 2.24) is 29.8 Å². The van der Waals surface area contributed by atoms with Crippen molar-refractivity contribution in [2.45, 2.75) is 31.8 Å². The number of carbonyl (C=O) groups excluding carboxylic acids is 1. The monoisotopic (exact) mass is 700 g/mol. The second-order valence-corrected chi connectivity index (χ2v) is 13.5. The van der Waals surface area contributed by atoms with Gasteiger partial charge in [-0.3, -0.25) is 0 Å². The Labute approximate surface area is 306 Å². The van der Waals surface area contributed by atoms with E-state index in [9.17, 15) is 4.79 Å². The van der Waals surface area contributed by atoms with Crippen molar-refractivity contribution in [3.8, 4) is 22.5 Å². The number of hydrogen-bond donors (Lipinski definition) is 0. The van der Waals surface area contributed by atoms with E-state index >= 15 is 0 Å². The molecule has 8 nitrogen and oxygen atoms in total. The van der Waals surface area contributed by atoms with E-state index in [0.29, 0.717) is 17.2 Å². The molecule has 0 radical (unpaired) electrons. The van der Waals surface area contributed by atoms with Crippen LogP contribution in [0.1, 0.15) is 51.1 Å². The van der Waals surface area contributed by atoms with Crippen LogP contribution in [0.5, 0.6) is 0 Å². The first kappa shape index (κ1) is 33.0. The fourth-order valence-electron chi connectivity index (χ4n) is 7.22. The van der Waals surface area contributed by atoms with Gasteiger partial charge < -0.3 is 9.30 Å². The first-order valence-corrected chi connectivity index (χ1v) is 18.2. The molecule has 0 aliphatic rings.